The van der Waals surface area contributed by atoms with E-state index in [1.54, 1.807) is 7.11 Å². The van der Waals surface area contributed by atoms with Crippen molar-refractivity contribution in [1.82, 2.24) is 0 Å². The van der Waals surface area contributed by atoms with E-state index in [9.17, 15) is 0 Å². The average molecular weight is 208 g/mol. The van der Waals surface area contributed by atoms with Gasteiger partial charge in [0.1, 0.15) is 5.75 Å². The number of benzene rings is 1. The van der Waals surface area contributed by atoms with Gasteiger partial charge in [0.2, 0.25) is 0 Å². The van der Waals surface area contributed by atoms with Gasteiger partial charge in [-0.05, 0) is 30.9 Å². The summed E-state index contributed by atoms with van der Waals surface area (Å²) in [7, 11) is 1.65. The third kappa shape index (κ3) is 3.92. The molecule has 0 fully saturated rings. The van der Waals surface area contributed by atoms with Crippen LogP contribution in [0.2, 0.25) is 0 Å². The van der Waals surface area contributed by atoms with Crippen LogP contribution < -0.4 is 4.74 Å². The highest BCUT2D eigenvalue weighted by Crippen LogP contribution is 2.22. The first-order valence-corrected chi connectivity index (χ1v) is 5.40. The van der Waals surface area contributed by atoms with Gasteiger partial charge in [-0.1, -0.05) is 32.0 Å². The summed E-state index contributed by atoms with van der Waals surface area (Å²) in [6, 6.07) is 8.13. The Morgan fingerprint density at radius 3 is 2.40 bits per heavy atom. The Bertz CT molecular complexity index is 294. The van der Waals surface area contributed by atoms with Gasteiger partial charge in [0.15, 0.2) is 6.29 Å². The fourth-order valence-electron chi connectivity index (χ4n) is 1.45. The van der Waals surface area contributed by atoms with Crippen molar-refractivity contribution in [2.24, 2.45) is 5.92 Å². The standard InChI is InChI=1S/C13H20O2/c1-10(2)9-12-7-5-6-8-13(12)15-11(3)14-4/h5-8,10-11H,9H2,1-4H3. The Morgan fingerprint density at radius 2 is 1.80 bits per heavy atom. The van der Waals surface area contributed by atoms with Gasteiger partial charge in [-0.2, -0.15) is 0 Å². The molecule has 0 aromatic heterocycles. The van der Waals surface area contributed by atoms with Gasteiger partial charge in [0, 0.05) is 7.11 Å². The minimum absolute atomic E-state index is 0.196. The third-order valence-electron chi connectivity index (χ3n) is 2.23. The molecular formula is C13H20O2. The van der Waals surface area contributed by atoms with Crippen LogP contribution in [0.25, 0.3) is 0 Å². The molecule has 0 saturated heterocycles. The minimum atomic E-state index is -0.196. The fourth-order valence-corrected chi connectivity index (χ4v) is 1.45. The zero-order chi connectivity index (χ0) is 11.3. The van der Waals surface area contributed by atoms with Crippen LogP contribution in [-0.4, -0.2) is 13.4 Å². The quantitative estimate of drug-likeness (QED) is 0.691. The van der Waals surface area contributed by atoms with E-state index in [-0.39, 0.29) is 6.29 Å². The van der Waals surface area contributed by atoms with Crippen molar-refractivity contribution in [2.75, 3.05) is 7.11 Å². The molecule has 1 aromatic carbocycles. The fraction of sp³-hybridized carbons (Fsp3) is 0.538. The van der Waals surface area contributed by atoms with Crippen LogP contribution in [0.15, 0.2) is 24.3 Å². The van der Waals surface area contributed by atoms with Crippen LogP contribution in [0.5, 0.6) is 5.75 Å². The van der Waals surface area contributed by atoms with Crippen molar-refractivity contribution in [3.8, 4) is 5.75 Å². The second kappa shape index (κ2) is 5.76. The van der Waals surface area contributed by atoms with Crippen molar-refractivity contribution >= 4 is 0 Å². The zero-order valence-corrected chi connectivity index (χ0v) is 9.99. The lowest BCUT2D eigenvalue weighted by atomic mass is 10.0. The van der Waals surface area contributed by atoms with Crippen molar-refractivity contribution in [2.45, 2.75) is 33.5 Å². The Hall–Kier alpha value is -1.02. The second-order valence-electron chi connectivity index (χ2n) is 4.13. The molecular weight excluding hydrogens is 188 g/mol. The molecule has 1 atom stereocenters. The topological polar surface area (TPSA) is 18.5 Å². The minimum Gasteiger partial charge on any atom is -0.465 e. The van der Waals surface area contributed by atoms with E-state index in [4.69, 9.17) is 9.47 Å². The van der Waals surface area contributed by atoms with E-state index < -0.39 is 0 Å². The molecule has 0 amide bonds. The molecule has 0 bridgehead atoms. The normalized spacial score (nSPS) is 12.9. The predicted molar refractivity (Wildman–Crippen MR) is 62.1 cm³/mol. The first kappa shape index (κ1) is 12.1. The monoisotopic (exact) mass is 208 g/mol. The summed E-state index contributed by atoms with van der Waals surface area (Å²) in [5.41, 5.74) is 1.25. The Kier molecular flexibility index (Phi) is 4.63. The third-order valence-corrected chi connectivity index (χ3v) is 2.23. The molecule has 84 valence electrons. The lowest BCUT2D eigenvalue weighted by Gasteiger charge is -2.16. The molecule has 0 aliphatic rings. The molecule has 0 N–H and O–H groups in total. The first-order chi connectivity index (χ1) is 7.13. The van der Waals surface area contributed by atoms with Crippen LogP contribution in [0.3, 0.4) is 0 Å². The molecule has 0 radical (unpaired) electrons. The van der Waals surface area contributed by atoms with Gasteiger partial charge < -0.3 is 9.47 Å². The predicted octanol–water partition coefficient (Wildman–Crippen LogP) is 3.26. The molecule has 1 aromatic rings. The van der Waals surface area contributed by atoms with E-state index in [1.807, 2.05) is 25.1 Å². The lowest BCUT2D eigenvalue weighted by molar-refractivity contribution is -0.0388. The van der Waals surface area contributed by atoms with E-state index in [0.717, 1.165) is 12.2 Å². The number of rotatable bonds is 5. The molecule has 1 rings (SSSR count). The molecule has 0 spiro atoms. The van der Waals surface area contributed by atoms with E-state index in [1.165, 1.54) is 5.56 Å². The zero-order valence-electron chi connectivity index (χ0n) is 9.99. The van der Waals surface area contributed by atoms with Crippen molar-refractivity contribution in [1.29, 1.82) is 0 Å². The smallest absolute Gasteiger partial charge is 0.196 e. The van der Waals surface area contributed by atoms with E-state index in [2.05, 4.69) is 19.9 Å². The summed E-state index contributed by atoms with van der Waals surface area (Å²) in [5.74, 6) is 1.56. The van der Waals surface area contributed by atoms with E-state index in [0.29, 0.717) is 5.92 Å². The van der Waals surface area contributed by atoms with Crippen LogP contribution in [0.1, 0.15) is 26.3 Å². The summed E-state index contributed by atoms with van der Waals surface area (Å²) in [5, 5.41) is 0. The lowest BCUT2D eigenvalue weighted by Crippen LogP contribution is -2.14. The Morgan fingerprint density at radius 1 is 1.13 bits per heavy atom. The molecule has 15 heavy (non-hydrogen) atoms. The molecule has 2 heteroatoms. The highest BCUT2D eigenvalue weighted by Gasteiger charge is 2.07. The maximum atomic E-state index is 5.67. The van der Waals surface area contributed by atoms with Gasteiger partial charge >= 0.3 is 0 Å². The average Bonchev–Trinajstić information content (AvgIpc) is 2.20. The summed E-state index contributed by atoms with van der Waals surface area (Å²) in [4.78, 5) is 0. The first-order valence-electron chi connectivity index (χ1n) is 5.40. The van der Waals surface area contributed by atoms with Gasteiger partial charge in [-0.3, -0.25) is 0 Å². The van der Waals surface area contributed by atoms with Crippen molar-refractivity contribution in [3.63, 3.8) is 0 Å². The van der Waals surface area contributed by atoms with Gasteiger partial charge in [-0.25, -0.2) is 0 Å². The maximum Gasteiger partial charge on any atom is 0.196 e. The largest absolute Gasteiger partial charge is 0.465 e. The highest BCUT2D eigenvalue weighted by molar-refractivity contribution is 5.33. The second-order valence-corrected chi connectivity index (χ2v) is 4.13. The molecule has 0 saturated carbocycles. The van der Waals surface area contributed by atoms with Crippen LogP contribution in [0, 0.1) is 5.92 Å². The number of hydrogen-bond donors (Lipinski definition) is 0. The van der Waals surface area contributed by atoms with Gasteiger partial charge in [0.05, 0.1) is 0 Å². The SMILES string of the molecule is COC(C)Oc1ccccc1CC(C)C. The number of hydrogen-bond acceptors (Lipinski definition) is 2. The van der Waals surface area contributed by atoms with Crippen LogP contribution in [-0.2, 0) is 11.2 Å². The number of ether oxygens (including phenoxy) is 2. The summed E-state index contributed by atoms with van der Waals surface area (Å²) < 4.78 is 10.8. The number of methoxy groups -OCH3 is 1. The number of para-hydroxylation sites is 1. The van der Waals surface area contributed by atoms with Crippen LogP contribution in [0.4, 0.5) is 0 Å². The van der Waals surface area contributed by atoms with Gasteiger partial charge in [0.25, 0.3) is 0 Å². The molecule has 2 nitrogen and oxygen atoms in total. The van der Waals surface area contributed by atoms with Crippen molar-refractivity contribution in [3.05, 3.63) is 29.8 Å². The van der Waals surface area contributed by atoms with Crippen LogP contribution >= 0.6 is 0 Å². The van der Waals surface area contributed by atoms with Gasteiger partial charge in [-0.15, -0.1) is 0 Å². The molecule has 0 aliphatic carbocycles. The Balaban J connectivity index is 2.76. The van der Waals surface area contributed by atoms with E-state index >= 15 is 0 Å². The molecule has 0 heterocycles. The highest BCUT2D eigenvalue weighted by atomic mass is 16.7. The Labute approximate surface area is 92.2 Å². The maximum absolute atomic E-state index is 5.67. The molecule has 1 unspecified atom stereocenters. The summed E-state index contributed by atoms with van der Waals surface area (Å²) in [6.45, 7) is 6.30. The summed E-state index contributed by atoms with van der Waals surface area (Å²) >= 11 is 0. The molecule has 0 aliphatic heterocycles. The summed E-state index contributed by atoms with van der Waals surface area (Å²) in [6.07, 6.45) is 0.838. The van der Waals surface area contributed by atoms with Crippen molar-refractivity contribution < 1.29 is 9.47 Å².